The fourth-order valence-electron chi connectivity index (χ4n) is 13.1. The fraction of sp³-hybridized carbons (Fsp3) is 0.872. The second kappa shape index (κ2) is 11.3. The van der Waals surface area contributed by atoms with Crippen LogP contribution >= 0.6 is 0 Å². The van der Waals surface area contributed by atoms with Crippen molar-refractivity contribution in [2.45, 2.75) is 145 Å². The zero-order valence-electron chi connectivity index (χ0n) is 29.5. The average molecular weight is 611 g/mol. The van der Waals surface area contributed by atoms with E-state index in [2.05, 4.69) is 48.1 Å². The van der Waals surface area contributed by atoms with E-state index in [9.17, 15) is 14.4 Å². The summed E-state index contributed by atoms with van der Waals surface area (Å²) < 4.78 is 11.2. The monoisotopic (exact) mass is 610 g/mol. The number of ether oxygens (including phenoxy) is 2. The number of esters is 2. The minimum Gasteiger partial charge on any atom is -0.469 e. The molecule has 5 rings (SSSR count). The van der Waals surface area contributed by atoms with E-state index >= 15 is 0 Å². The van der Waals surface area contributed by atoms with Crippen LogP contribution in [0.15, 0.2) is 12.2 Å². The Kier molecular flexibility index (Phi) is 8.62. The zero-order chi connectivity index (χ0) is 32.5. The number of methoxy groups -OCH3 is 1. The number of hydrogen-bond donors (Lipinski definition) is 0. The Hall–Kier alpha value is -1.65. The zero-order valence-corrected chi connectivity index (χ0v) is 29.5. The first-order valence-corrected chi connectivity index (χ1v) is 17.8. The van der Waals surface area contributed by atoms with Crippen molar-refractivity contribution in [3.63, 3.8) is 0 Å². The number of rotatable bonds is 8. The Balaban J connectivity index is 1.37. The van der Waals surface area contributed by atoms with Crippen molar-refractivity contribution >= 4 is 18.2 Å². The van der Waals surface area contributed by atoms with Gasteiger partial charge in [-0.3, -0.25) is 9.59 Å². The molecule has 44 heavy (non-hydrogen) atoms. The molecule has 10 atom stereocenters. The molecule has 1 unspecified atom stereocenters. The Morgan fingerprint density at radius 1 is 0.841 bits per heavy atom. The molecule has 248 valence electrons. The van der Waals surface area contributed by atoms with E-state index in [0.29, 0.717) is 29.6 Å². The van der Waals surface area contributed by atoms with Crippen molar-refractivity contribution in [1.29, 1.82) is 0 Å². The lowest BCUT2D eigenvalue weighted by molar-refractivity contribution is -0.250. The predicted molar refractivity (Wildman–Crippen MR) is 175 cm³/mol. The molecular formula is C39H62O5. The highest BCUT2D eigenvalue weighted by Gasteiger charge is 2.71. The molecule has 0 heterocycles. The van der Waals surface area contributed by atoms with Gasteiger partial charge in [0.1, 0.15) is 12.4 Å². The standard InChI is InChI=1S/C39H62O5/c1-25(2)26-13-18-39(21-22-40)20-19-37(8)27(33(26)39)11-12-29-36(7)16-15-30(35(5,6)28(36)14-17-38(29,37)9)44-32(42)24-34(3,4)23-31(41)43-10/h22,26-30,33H,1,11-21,23-24H2,2-10H3/t26?,27-,28+,29-,30+,33-,36+,37-,38-,39-/m1/s1. The molecule has 0 N–H and O–H groups in total. The van der Waals surface area contributed by atoms with Crippen molar-refractivity contribution < 1.29 is 23.9 Å². The van der Waals surface area contributed by atoms with Crippen LogP contribution in [-0.4, -0.2) is 31.4 Å². The largest absolute Gasteiger partial charge is 0.469 e. The third-order valence-electron chi connectivity index (χ3n) is 15.4. The molecule has 0 saturated heterocycles. The summed E-state index contributed by atoms with van der Waals surface area (Å²) in [6, 6.07) is 0. The molecule has 0 amide bonds. The van der Waals surface area contributed by atoms with Gasteiger partial charge in [-0.1, -0.05) is 60.6 Å². The molecule has 0 aromatic rings. The number of carbonyl (C=O) groups excluding carboxylic acids is 3. The van der Waals surface area contributed by atoms with Crippen LogP contribution in [0.3, 0.4) is 0 Å². The van der Waals surface area contributed by atoms with Crippen LogP contribution in [0.4, 0.5) is 0 Å². The maximum atomic E-state index is 13.2. The van der Waals surface area contributed by atoms with Gasteiger partial charge in [-0.2, -0.15) is 0 Å². The summed E-state index contributed by atoms with van der Waals surface area (Å²) in [4.78, 5) is 37.2. The molecule has 5 nitrogen and oxygen atoms in total. The second-order valence-electron chi connectivity index (χ2n) is 18.4. The molecule has 5 heteroatoms. The van der Waals surface area contributed by atoms with Crippen LogP contribution in [0.2, 0.25) is 0 Å². The SMILES string of the molecule is C=C(C)C1CC[C@]2(CC=O)CC[C@]3(C)[C@H](CC[C@@H]4[C@@]5(C)CC[C@H](OC(=O)CC(C)(C)CC(=O)OC)C(C)(C)[C@@H]5CC[C@]43C)[C@@H]12. The van der Waals surface area contributed by atoms with Gasteiger partial charge in [0, 0.05) is 11.8 Å². The quantitative estimate of drug-likeness (QED) is 0.156. The van der Waals surface area contributed by atoms with E-state index in [0.717, 1.165) is 19.3 Å². The Morgan fingerprint density at radius 3 is 2.16 bits per heavy atom. The Morgan fingerprint density at radius 2 is 1.52 bits per heavy atom. The van der Waals surface area contributed by atoms with Crippen molar-refractivity contribution in [1.82, 2.24) is 0 Å². The van der Waals surface area contributed by atoms with Gasteiger partial charge < -0.3 is 14.3 Å². The molecule has 0 radical (unpaired) electrons. The van der Waals surface area contributed by atoms with Crippen LogP contribution < -0.4 is 0 Å². The van der Waals surface area contributed by atoms with E-state index < -0.39 is 5.41 Å². The maximum Gasteiger partial charge on any atom is 0.306 e. The van der Waals surface area contributed by atoms with Gasteiger partial charge in [-0.25, -0.2) is 0 Å². The predicted octanol–water partition coefficient (Wildman–Crippen LogP) is 9.12. The molecule has 0 bridgehead atoms. The topological polar surface area (TPSA) is 69.7 Å². The first-order chi connectivity index (χ1) is 20.4. The van der Waals surface area contributed by atoms with Crippen molar-refractivity contribution in [3.8, 4) is 0 Å². The molecule has 5 saturated carbocycles. The second-order valence-corrected chi connectivity index (χ2v) is 18.4. The van der Waals surface area contributed by atoms with Crippen LogP contribution in [0.1, 0.15) is 139 Å². The smallest absolute Gasteiger partial charge is 0.306 e. The summed E-state index contributed by atoms with van der Waals surface area (Å²) >= 11 is 0. The number of fused-ring (bicyclic) bond motifs is 7. The molecule has 0 spiro atoms. The van der Waals surface area contributed by atoms with Crippen molar-refractivity contribution in [3.05, 3.63) is 12.2 Å². The number of aldehydes is 1. The normalized spacial score (nSPS) is 44.3. The van der Waals surface area contributed by atoms with Crippen LogP contribution in [0.25, 0.3) is 0 Å². The van der Waals surface area contributed by atoms with Gasteiger partial charge in [0.15, 0.2) is 0 Å². The minimum absolute atomic E-state index is 0.105. The fourth-order valence-corrected chi connectivity index (χ4v) is 13.1. The third kappa shape index (κ3) is 5.04. The van der Waals surface area contributed by atoms with Crippen LogP contribution in [0, 0.1) is 62.1 Å². The number of carbonyl (C=O) groups is 3. The number of allylic oxidation sites excluding steroid dienone is 1. The summed E-state index contributed by atoms with van der Waals surface area (Å²) in [5.41, 5.74) is 1.62. The van der Waals surface area contributed by atoms with Crippen LogP contribution in [-0.2, 0) is 23.9 Å². The van der Waals surface area contributed by atoms with Crippen LogP contribution in [0.5, 0.6) is 0 Å². The Labute approximate surface area is 268 Å². The molecule has 0 aromatic carbocycles. The van der Waals surface area contributed by atoms with Gasteiger partial charge in [-0.05, 0) is 128 Å². The third-order valence-corrected chi connectivity index (χ3v) is 15.4. The lowest BCUT2D eigenvalue weighted by atomic mass is 9.32. The highest BCUT2D eigenvalue weighted by molar-refractivity contribution is 5.74. The lowest BCUT2D eigenvalue weighted by Gasteiger charge is -2.73. The summed E-state index contributed by atoms with van der Waals surface area (Å²) in [6.45, 7) is 23.2. The van der Waals surface area contributed by atoms with Gasteiger partial charge in [-0.15, -0.1) is 0 Å². The van der Waals surface area contributed by atoms with Gasteiger partial charge in [0.2, 0.25) is 0 Å². The first kappa shape index (κ1) is 33.7. The van der Waals surface area contributed by atoms with E-state index in [1.807, 2.05) is 13.8 Å². The highest BCUT2D eigenvalue weighted by Crippen LogP contribution is 2.77. The van der Waals surface area contributed by atoms with Gasteiger partial charge in [0.05, 0.1) is 20.0 Å². The molecule has 0 aromatic heterocycles. The van der Waals surface area contributed by atoms with E-state index in [4.69, 9.17) is 9.47 Å². The van der Waals surface area contributed by atoms with Gasteiger partial charge >= 0.3 is 11.9 Å². The van der Waals surface area contributed by atoms with E-state index in [1.54, 1.807) is 0 Å². The van der Waals surface area contributed by atoms with Crippen molar-refractivity contribution in [2.75, 3.05) is 7.11 Å². The molecule has 0 aliphatic heterocycles. The maximum absolute atomic E-state index is 13.2. The summed E-state index contributed by atoms with van der Waals surface area (Å²) in [5.74, 6) is 2.44. The highest BCUT2D eigenvalue weighted by atomic mass is 16.5. The van der Waals surface area contributed by atoms with E-state index in [-0.39, 0.29) is 58.0 Å². The van der Waals surface area contributed by atoms with E-state index in [1.165, 1.54) is 70.3 Å². The Bertz CT molecular complexity index is 1170. The van der Waals surface area contributed by atoms with Gasteiger partial charge in [0.25, 0.3) is 0 Å². The molecule has 5 aliphatic carbocycles. The molecule has 5 aliphatic rings. The number of hydrogen-bond acceptors (Lipinski definition) is 5. The lowest BCUT2D eigenvalue weighted by Crippen LogP contribution is -2.66. The molecular weight excluding hydrogens is 548 g/mol. The minimum atomic E-state index is -0.496. The summed E-state index contributed by atoms with van der Waals surface area (Å²) in [5, 5.41) is 0. The summed E-state index contributed by atoms with van der Waals surface area (Å²) in [7, 11) is 1.39. The van der Waals surface area contributed by atoms with Crippen molar-refractivity contribution in [2.24, 2.45) is 62.1 Å². The average Bonchev–Trinajstić information content (AvgIpc) is 3.30. The molecule has 5 fully saturated rings. The first-order valence-electron chi connectivity index (χ1n) is 17.8. The summed E-state index contributed by atoms with van der Waals surface area (Å²) in [6.07, 6.45) is 14.0.